The summed E-state index contributed by atoms with van der Waals surface area (Å²) in [4.78, 5) is 2.67. The van der Waals surface area contributed by atoms with Crippen LogP contribution in [0.5, 0.6) is 0 Å². The van der Waals surface area contributed by atoms with E-state index in [1.54, 1.807) is 0 Å². The molecular formula is C15H14ClNOS. The van der Waals surface area contributed by atoms with Gasteiger partial charge in [0.05, 0.1) is 0 Å². The monoisotopic (exact) mass is 291 g/mol. The SMILES string of the molecule is Cc1ccc(CNCc2c(Cl)oc3ccccc23)s1. The van der Waals surface area contributed by atoms with Gasteiger partial charge in [-0.05, 0) is 36.7 Å². The lowest BCUT2D eigenvalue weighted by Crippen LogP contribution is -2.11. The highest BCUT2D eigenvalue weighted by Crippen LogP contribution is 2.29. The molecule has 3 aromatic rings. The first-order chi connectivity index (χ1) is 9.24. The van der Waals surface area contributed by atoms with Crippen LogP contribution in [0.3, 0.4) is 0 Å². The molecule has 0 aliphatic rings. The Hall–Kier alpha value is -1.29. The van der Waals surface area contributed by atoms with Crippen LogP contribution in [0.1, 0.15) is 15.3 Å². The van der Waals surface area contributed by atoms with Crippen LogP contribution in [-0.2, 0) is 13.1 Å². The topological polar surface area (TPSA) is 25.2 Å². The van der Waals surface area contributed by atoms with Crippen LogP contribution in [0.25, 0.3) is 11.0 Å². The van der Waals surface area contributed by atoms with Gasteiger partial charge in [-0.3, -0.25) is 0 Å². The Morgan fingerprint density at radius 2 is 2.00 bits per heavy atom. The van der Waals surface area contributed by atoms with Crippen molar-refractivity contribution in [2.45, 2.75) is 20.0 Å². The van der Waals surface area contributed by atoms with E-state index >= 15 is 0 Å². The van der Waals surface area contributed by atoms with Crippen LogP contribution in [0.2, 0.25) is 5.22 Å². The van der Waals surface area contributed by atoms with Gasteiger partial charge in [0.25, 0.3) is 0 Å². The quantitative estimate of drug-likeness (QED) is 0.750. The number of rotatable bonds is 4. The molecule has 19 heavy (non-hydrogen) atoms. The number of hydrogen-bond acceptors (Lipinski definition) is 3. The minimum Gasteiger partial charge on any atom is -0.444 e. The maximum absolute atomic E-state index is 6.15. The van der Waals surface area contributed by atoms with Crippen molar-refractivity contribution in [3.63, 3.8) is 0 Å². The van der Waals surface area contributed by atoms with E-state index in [0.29, 0.717) is 11.8 Å². The number of fused-ring (bicyclic) bond motifs is 1. The number of aryl methyl sites for hydroxylation is 1. The predicted molar refractivity (Wildman–Crippen MR) is 80.8 cm³/mol. The maximum atomic E-state index is 6.15. The molecule has 4 heteroatoms. The second kappa shape index (κ2) is 5.37. The predicted octanol–water partition coefficient (Wildman–Crippen LogP) is 4.75. The average Bonchev–Trinajstić information content (AvgIpc) is 2.94. The van der Waals surface area contributed by atoms with Gasteiger partial charge >= 0.3 is 0 Å². The van der Waals surface area contributed by atoms with Gasteiger partial charge in [-0.1, -0.05) is 18.2 Å². The number of halogens is 1. The Balaban J connectivity index is 1.73. The summed E-state index contributed by atoms with van der Waals surface area (Å²) in [6.45, 7) is 3.69. The van der Waals surface area contributed by atoms with E-state index in [9.17, 15) is 0 Å². The highest BCUT2D eigenvalue weighted by atomic mass is 35.5. The van der Waals surface area contributed by atoms with E-state index in [1.807, 2.05) is 35.6 Å². The summed E-state index contributed by atoms with van der Waals surface area (Å²) in [5.41, 5.74) is 1.88. The first kappa shape index (κ1) is 12.7. The highest BCUT2D eigenvalue weighted by molar-refractivity contribution is 7.11. The summed E-state index contributed by atoms with van der Waals surface area (Å²) in [6.07, 6.45) is 0. The van der Waals surface area contributed by atoms with E-state index < -0.39 is 0 Å². The summed E-state index contributed by atoms with van der Waals surface area (Å²) in [5.74, 6) is 0. The number of para-hydroxylation sites is 1. The van der Waals surface area contributed by atoms with Gasteiger partial charge in [0.15, 0.2) is 5.22 Å². The molecule has 0 spiro atoms. The fraction of sp³-hybridized carbons (Fsp3) is 0.200. The molecule has 0 amide bonds. The van der Waals surface area contributed by atoms with E-state index in [0.717, 1.165) is 23.1 Å². The molecule has 0 atom stereocenters. The van der Waals surface area contributed by atoms with Crippen molar-refractivity contribution in [3.8, 4) is 0 Å². The van der Waals surface area contributed by atoms with Crippen molar-refractivity contribution >= 4 is 33.9 Å². The molecule has 0 saturated heterocycles. The molecule has 2 aromatic heterocycles. The molecule has 0 aliphatic heterocycles. The van der Waals surface area contributed by atoms with Crippen LogP contribution >= 0.6 is 22.9 Å². The molecule has 3 rings (SSSR count). The second-order valence-electron chi connectivity index (χ2n) is 4.47. The first-order valence-electron chi connectivity index (χ1n) is 6.16. The van der Waals surface area contributed by atoms with E-state index in [4.69, 9.17) is 16.0 Å². The van der Waals surface area contributed by atoms with Crippen molar-refractivity contribution in [2.75, 3.05) is 0 Å². The Morgan fingerprint density at radius 3 is 2.79 bits per heavy atom. The number of hydrogen-bond donors (Lipinski definition) is 1. The molecule has 1 N–H and O–H groups in total. The lowest BCUT2D eigenvalue weighted by atomic mass is 10.2. The zero-order chi connectivity index (χ0) is 13.2. The third-order valence-electron chi connectivity index (χ3n) is 3.05. The van der Waals surface area contributed by atoms with Gasteiger partial charge in [0.2, 0.25) is 0 Å². The van der Waals surface area contributed by atoms with Crippen LogP contribution in [0.4, 0.5) is 0 Å². The van der Waals surface area contributed by atoms with Gasteiger partial charge in [0.1, 0.15) is 5.58 Å². The molecule has 0 fully saturated rings. The van der Waals surface area contributed by atoms with Crippen LogP contribution in [0.15, 0.2) is 40.8 Å². The van der Waals surface area contributed by atoms with Gasteiger partial charge < -0.3 is 9.73 Å². The van der Waals surface area contributed by atoms with E-state index in [-0.39, 0.29) is 0 Å². The van der Waals surface area contributed by atoms with Gasteiger partial charge in [-0.15, -0.1) is 11.3 Å². The number of thiophene rings is 1. The minimum atomic E-state index is 0.482. The standard InChI is InChI=1S/C15H14ClNOS/c1-10-6-7-11(19-10)8-17-9-13-12-4-2-3-5-14(12)18-15(13)16/h2-7,17H,8-9H2,1H3. The van der Waals surface area contributed by atoms with Crippen molar-refractivity contribution in [3.05, 3.63) is 56.9 Å². The lowest BCUT2D eigenvalue weighted by Gasteiger charge is -2.02. The van der Waals surface area contributed by atoms with Gasteiger partial charge in [-0.25, -0.2) is 0 Å². The zero-order valence-electron chi connectivity index (χ0n) is 10.6. The largest absolute Gasteiger partial charge is 0.444 e. The molecule has 0 radical (unpaired) electrons. The number of nitrogens with one attached hydrogen (secondary N) is 1. The molecule has 0 saturated carbocycles. The fourth-order valence-corrected chi connectivity index (χ4v) is 3.24. The smallest absolute Gasteiger partial charge is 0.199 e. The molecule has 2 nitrogen and oxygen atoms in total. The Bertz CT molecular complexity index is 701. The number of benzene rings is 1. The van der Waals surface area contributed by atoms with Crippen LogP contribution < -0.4 is 5.32 Å². The Labute approximate surface area is 121 Å². The maximum Gasteiger partial charge on any atom is 0.199 e. The summed E-state index contributed by atoms with van der Waals surface area (Å²) < 4.78 is 5.53. The average molecular weight is 292 g/mol. The molecule has 0 unspecified atom stereocenters. The molecule has 98 valence electrons. The van der Waals surface area contributed by atoms with Crippen molar-refractivity contribution in [1.82, 2.24) is 5.32 Å². The summed E-state index contributed by atoms with van der Waals surface area (Å²) in [7, 11) is 0. The number of furan rings is 1. The third kappa shape index (κ3) is 2.68. The van der Waals surface area contributed by atoms with Crippen molar-refractivity contribution in [2.24, 2.45) is 0 Å². The second-order valence-corrected chi connectivity index (χ2v) is 6.18. The third-order valence-corrected chi connectivity index (χ3v) is 4.35. The fourth-order valence-electron chi connectivity index (χ4n) is 2.12. The molecular weight excluding hydrogens is 278 g/mol. The van der Waals surface area contributed by atoms with Gasteiger partial charge in [-0.2, -0.15) is 0 Å². The van der Waals surface area contributed by atoms with Crippen molar-refractivity contribution < 1.29 is 4.42 Å². The Morgan fingerprint density at radius 1 is 1.16 bits per heavy atom. The van der Waals surface area contributed by atoms with Crippen molar-refractivity contribution in [1.29, 1.82) is 0 Å². The van der Waals surface area contributed by atoms with Crippen LogP contribution in [0, 0.1) is 6.92 Å². The normalized spacial score (nSPS) is 11.3. The lowest BCUT2D eigenvalue weighted by molar-refractivity contribution is 0.604. The summed E-state index contributed by atoms with van der Waals surface area (Å²) >= 11 is 7.96. The summed E-state index contributed by atoms with van der Waals surface area (Å²) in [5, 5.41) is 4.98. The highest BCUT2D eigenvalue weighted by Gasteiger charge is 2.11. The van der Waals surface area contributed by atoms with Gasteiger partial charge in [0, 0.05) is 33.8 Å². The van der Waals surface area contributed by atoms with E-state index in [1.165, 1.54) is 9.75 Å². The van der Waals surface area contributed by atoms with E-state index in [2.05, 4.69) is 24.4 Å². The summed E-state index contributed by atoms with van der Waals surface area (Å²) in [6, 6.07) is 12.2. The molecule has 0 bridgehead atoms. The zero-order valence-corrected chi connectivity index (χ0v) is 12.1. The Kier molecular flexibility index (Phi) is 3.60. The molecule has 1 aromatic carbocycles. The molecule has 0 aliphatic carbocycles. The first-order valence-corrected chi connectivity index (χ1v) is 7.35. The minimum absolute atomic E-state index is 0.482. The molecule has 2 heterocycles. The van der Waals surface area contributed by atoms with Crippen LogP contribution in [-0.4, -0.2) is 0 Å².